The van der Waals surface area contributed by atoms with Crippen LogP contribution in [-0.4, -0.2) is 31.4 Å². The minimum absolute atomic E-state index is 0. The number of anilines is 1. The van der Waals surface area contributed by atoms with Gasteiger partial charge in [-0.2, -0.15) is 0 Å². The topological polar surface area (TPSA) is 70.2 Å². The summed E-state index contributed by atoms with van der Waals surface area (Å²) in [7, 11) is 0. The summed E-state index contributed by atoms with van der Waals surface area (Å²) in [5.41, 5.74) is 2.24. The highest BCUT2D eigenvalue weighted by atomic mass is 35.5. The summed E-state index contributed by atoms with van der Waals surface area (Å²) in [4.78, 5) is 25.0. The van der Waals surface area contributed by atoms with E-state index < -0.39 is 0 Å². The summed E-state index contributed by atoms with van der Waals surface area (Å²) in [6, 6.07) is 17.2. The first-order chi connectivity index (χ1) is 12.6. The molecule has 1 aliphatic heterocycles. The Morgan fingerprint density at radius 1 is 1.07 bits per heavy atom. The first kappa shape index (κ1) is 20.9. The van der Waals surface area contributed by atoms with Crippen LogP contribution in [0.3, 0.4) is 0 Å². The molecule has 6 heteroatoms. The number of amides is 2. The summed E-state index contributed by atoms with van der Waals surface area (Å²) in [6.45, 7) is 4.23. The fourth-order valence-electron chi connectivity index (χ4n) is 2.98. The number of benzene rings is 2. The van der Waals surface area contributed by atoms with Crippen LogP contribution in [0.5, 0.6) is 0 Å². The maximum Gasteiger partial charge on any atom is 0.253 e. The third-order valence-electron chi connectivity index (χ3n) is 4.91. The highest BCUT2D eigenvalue weighted by molar-refractivity contribution is 6.04. The van der Waals surface area contributed by atoms with Gasteiger partial charge in [-0.15, -0.1) is 12.4 Å². The summed E-state index contributed by atoms with van der Waals surface area (Å²) in [5.74, 6) is 0.0724. The molecule has 1 saturated heterocycles. The molecule has 0 radical (unpaired) electrons. The molecule has 1 atom stereocenters. The standard InChI is InChI=1S/C21H25N3O2.ClH/c1-15(17-13-22-14-17)20(25)24-19-10-6-5-9-18(19)21(26)23-12-11-16-7-3-2-4-8-16;/h2-10,15,17,22H,11-14H2,1H3,(H,23,26)(H,24,25);1H. The van der Waals surface area contributed by atoms with Crippen molar-refractivity contribution >= 4 is 29.9 Å². The maximum absolute atomic E-state index is 12.5. The van der Waals surface area contributed by atoms with Gasteiger partial charge in [-0.3, -0.25) is 9.59 Å². The van der Waals surface area contributed by atoms with Crippen LogP contribution in [0.2, 0.25) is 0 Å². The normalized spacial score (nSPS) is 14.4. The van der Waals surface area contributed by atoms with Crippen LogP contribution < -0.4 is 16.0 Å². The summed E-state index contributed by atoms with van der Waals surface area (Å²) < 4.78 is 0. The Labute approximate surface area is 166 Å². The van der Waals surface area contributed by atoms with Crippen LogP contribution >= 0.6 is 12.4 Å². The minimum atomic E-state index is -0.171. The lowest BCUT2D eigenvalue weighted by Gasteiger charge is -2.31. The van der Waals surface area contributed by atoms with Crippen molar-refractivity contribution in [3.05, 3.63) is 65.7 Å². The maximum atomic E-state index is 12.5. The van der Waals surface area contributed by atoms with Gasteiger partial charge in [-0.25, -0.2) is 0 Å². The number of para-hydroxylation sites is 1. The van der Waals surface area contributed by atoms with Crippen molar-refractivity contribution in [3.63, 3.8) is 0 Å². The molecule has 0 saturated carbocycles. The second kappa shape index (κ2) is 10.1. The number of hydrogen-bond donors (Lipinski definition) is 3. The smallest absolute Gasteiger partial charge is 0.253 e. The van der Waals surface area contributed by atoms with E-state index in [1.165, 1.54) is 5.56 Å². The molecule has 0 bridgehead atoms. The fraction of sp³-hybridized carbons (Fsp3) is 0.333. The van der Waals surface area contributed by atoms with Gasteiger partial charge in [0.1, 0.15) is 0 Å². The summed E-state index contributed by atoms with van der Waals surface area (Å²) in [6.07, 6.45) is 0.771. The molecular formula is C21H26ClN3O2. The zero-order chi connectivity index (χ0) is 18.4. The third kappa shape index (κ3) is 5.55. The van der Waals surface area contributed by atoms with E-state index in [2.05, 4.69) is 16.0 Å². The van der Waals surface area contributed by atoms with Crippen LogP contribution in [0.1, 0.15) is 22.8 Å². The Balaban J connectivity index is 0.00000261. The average molecular weight is 388 g/mol. The Morgan fingerprint density at radius 2 is 1.74 bits per heavy atom. The molecule has 2 amide bonds. The van der Waals surface area contributed by atoms with E-state index >= 15 is 0 Å². The number of rotatable bonds is 7. The third-order valence-corrected chi connectivity index (χ3v) is 4.91. The lowest BCUT2D eigenvalue weighted by atomic mass is 9.88. The SMILES string of the molecule is CC(C(=O)Nc1ccccc1C(=O)NCCc1ccccc1)C1CNC1.Cl. The molecular weight excluding hydrogens is 362 g/mol. The molecule has 0 aromatic heterocycles. The zero-order valence-corrected chi connectivity index (χ0v) is 16.2. The highest BCUT2D eigenvalue weighted by Crippen LogP contribution is 2.20. The Bertz CT molecular complexity index is 763. The van der Waals surface area contributed by atoms with E-state index in [9.17, 15) is 9.59 Å². The van der Waals surface area contributed by atoms with E-state index in [0.29, 0.717) is 23.7 Å². The van der Waals surface area contributed by atoms with Gasteiger partial charge >= 0.3 is 0 Å². The zero-order valence-electron chi connectivity index (χ0n) is 15.4. The monoisotopic (exact) mass is 387 g/mol. The molecule has 0 spiro atoms. The Hall–Kier alpha value is -2.37. The van der Waals surface area contributed by atoms with Crippen molar-refractivity contribution in [2.75, 3.05) is 25.0 Å². The molecule has 2 aromatic carbocycles. The van der Waals surface area contributed by atoms with Crippen molar-refractivity contribution in [2.24, 2.45) is 11.8 Å². The molecule has 3 N–H and O–H groups in total. The summed E-state index contributed by atoms with van der Waals surface area (Å²) >= 11 is 0. The molecule has 5 nitrogen and oxygen atoms in total. The quantitative estimate of drug-likeness (QED) is 0.684. The predicted molar refractivity (Wildman–Crippen MR) is 110 cm³/mol. The van der Waals surface area contributed by atoms with Crippen molar-refractivity contribution in [3.8, 4) is 0 Å². The van der Waals surface area contributed by atoms with Crippen molar-refractivity contribution in [1.82, 2.24) is 10.6 Å². The van der Waals surface area contributed by atoms with Gasteiger partial charge in [-0.1, -0.05) is 49.4 Å². The first-order valence-corrected chi connectivity index (χ1v) is 9.08. The lowest BCUT2D eigenvalue weighted by molar-refractivity contribution is -0.121. The van der Waals surface area contributed by atoms with Crippen LogP contribution in [-0.2, 0) is 11.2 Å². The number of hydrogen-bond acceptors (Lipinski definition) is 3. The van der Waals surface area contributed by atoms with Crippen LogP contribution in [0.4, 0.5) is 5.69 Å². The van der Waals surface area contributed by atoms with Gasteiger partial charge in [0.2, 0.25) is 5.91 Å². The molecule has 1 aliphatic rings. The number of carbonyl (C=O) groups is 2. The van der Waals surface area contributed by atoms with Gasteiger partial charge in [0, 0.05) is 12.5 Å². The van der Waals surface area contributed by atoms with E-state index in [1.54, 1.807) is 18.2 Å². The second-order valence-electron chi connectivity index (χ2n) is 6.73. The molecule has 1 heterocycles. The predicted octanol–water partition coefficient (Wildman–Crippen LogP) is 2.87. The van der Waals surface area contributed by atoms with Crippen LogP contribution in [0.15, 0.2) is 54.6 Å². The average Bonchev–Trinajstić information content (AvgIpc) is 2.61. The minimum Gasteiger partial charge on any atom is -0.352 e. The largest absolute Gasteiger partial charge is 0.352 e. The second-order valence-corrected chi connectivity index (χ2v) is 6.73. The fourth-order valence-corrected chi connectivity index (χ4v) is 2.98. The molecule has 27 heavy (non-hydrogen) atoms. The van der Waals surface area contributed by atoms with Crippen LogP contribution in [0.25, 0.3) is 0 Å². The van der Waals surface area contributed by atoms with Crippen molar-refractivity contribution in [2.45, 2.75) is 13.3 Å². The lowest BCUT2D eigenvalue weighted by Crippen LogP contribution is -2.48. The van der Waals surface area contributed by atoms with Gasteiger partial charge in [0.15, 0.2) is 0 Å². The number of halogens is 1. The van der Waals surface area contributed by atoms with Crippen molar-refractivity contribution in [1.29, 1.82) is 0 Å². The van der Waals surface area contributed by atoms with Gasteiger partial charge < -0.3 is 16.0 Å². The molecule has 144 valence electrons. The molecule has 3 rings (SSSR count). The van der Waals surface area contributed by atoms with E-state index in [1.807, 2.05) is 43.3 Å². The molecule has 1 fully saturated rings. The Kier molecular flexibility index (Phi) is 7.82. The van der Waals surface area contributed by atoms with Crippen LogP contribution in [0, 0.1) is 11.8 Å². The van der Waals surface area contributed by atoms with Gasteiger partial charge in [0.05, 0.1) is 11.3 Å². The number of carbonyl (C=O) groups excluding carboxylic acids is 2. The van der Waals surface area contributed by atoms with Gasteiger partial charge in [0.25, 0.3) is 5.91 Å². The number of nitrogens with one attached hydrogen (secondary N) is 3. The molecule has 0 aliphatic carbocycles. The van der Waals surface area contributed by atoms with Crippen molar-refractivity contribution < 1.29 is 9.59 Å². The molecule has 1 unspecified atom stereocenters. The Morgan fingerprint density at radius 3 is 2.41 bits per heavy atom. The summed E-state index contributed by atoms with van der Waals surface area (Å²) in [5, 5.41) is 9.04. The first-order valence-electron chi connectivity index (χ1n) is 9.08. The van der Waals surface area contributed by atoms with E-state index in [-0.39, 0.29) is 30.1 Å². The van der Waals surface area contributed by atoms with E-state index in [4.69, 9.17) is 0 Å². The molecule has 2 aromatic rings. The highest BCUT2D eigenvalue weighted by Gasteiger charge is 2.29. The van der Waals surface area contributed by atoms with Gasteiger partial charge in [-0.05, 0) is 43.1 Å². The van der Waals surface area contributed by atoms with E-state index in [0.717, 1.165) is 19.5 Å².